The Morgan fingerprint density at radius 2 is 1.65 bits per heavy atom. The van der Waals surface area contributed by atoms with Crippen LogP contribution < -0.4 is 5.49 Å². The van der Waals surface area contributed by atoms with Crippen LogP contribution in [0.25, 0.3) is 16.9 Å². The van der Waals surface area contributed by atoms with E-state index in [2.05, 4.69) is 28.8 Å². The summed E-state index contributed by atoms with van der Waals surface area (Å²) in [6.07, 6.45) is 4.64. The summed E-state index contributed by atoms with van der Waals surface area (Å²) >= 11 is 0. The fraction of sp³-hybridized carbons (Fsp3) is 0.261. The molecule has 31 heavy (non-hydrogen) atoms. The summed E-state index contributed by atoms with van der Waals surface area (Å²) < 4.78 is 1.73. The topological polar surface area (TPSA) is 131 Å². The van der Waals surface area contributed by atoms with Crippen molar-refractivity contribution in [2.24, 2.45) is 0 Å². The summed E-state index contributed by atoms with van der Waals surface area (Å²) in [5.41, 5.74) is 3.64. The maximum absolute atomic E-state index is 10.3. The highest BCUT2D eigenvalue weighted by Gasteiger charge is 2.27. The first-order valence-electron chi connectivity index (χ1n) is 10.2. The number of aromatic nitrogens is 4. The number of phenols is 3. The molecule has 2 aromatic heterocycles. The largest absolute Gasteiger partial charge is 0.508 e. The van der Waals surface area contributed by atoms with Gasteiger partial charge < -0.3 is 20.3 Å². The maximum Gasteiger partial charge on any atom is 0.173 e. The van der Waals surface area contributed by atoms with Crippen molar-refractivity contribution in [3.63, 3.8) is 0 Å². The van der Waals surface area contributed by atoms with Gasteiger partial charge in [0, 0.05) is 6.07 Å². The Morgan fingerprint density at radius 3 is 2.32 bits per heavy atom. The van der Waals surface area contributed by atoms with E-state index in [0.717, 1.165) is 24.0 Å². The molecule has 0 amide bonds. The summed E-state index contributed by atoms with van der Waals surface area (Å²) in [6.45, 7) is 4.19. The molecule has 0 aliphatic carbocycles. The fourth-order valence-electron chi connectivity index (χ4n) is 4.34. The predicted octanol–water partition coefficient (Wildman–Crippen LogP) is 4.03. The van der Waals surface area contributed by atoms with Gasteiger partial charge >= 0.3 is 0 Å². The van der Waals surface area contributed by atoms with E-state index in [1.54, 1.807) is 22.8 Å². The van der Waals surface area contributed by atoms with Gasteiger partial charge in [0.15, 0.2) is 22.6 Å². The third-order valence-corrected chi connectivity index (χ3v) is 5.86. The molecule has 0 spiro atoms. The number of benzene rings is 2. The first-order valence-corrected chi connectivity index (χ1v) is 10.2. The van der Waals surface area contributed by atoms with Crippen LogP contribution in [-0.2, 0) is 0 Å². The highest BCUT2D eigenvalue weighted by atomic mass is 16.3. The highest BCUT2D eigenvalue weighted by Crippen LogP contribution is 2.44. The second-order valence-electron chi connectivity index (χ2n) is 7.59. The van der Waals surface area contributed by atoms with E-state index < -0.39 is 0 Å². The first kappa shape index (κ1) is 20.5. The highest BCUT2D eigenvalue weighted by molar-refractivity contribution is 5.72. The van der Waals surface area contributed by atoms with Crippen LogP contribution in [0.1, 0.15) is 49.7 Å². The average molecular weight is 419 g/mol. The van der Waals surface area contributed by atoms with Gasteiger partial charge in [-0.25, -0.2) is 9.97 Å². The molecule has 2 aromatic carbocycles. The van der Waals surface area contributed by atoms with Crippen LogP contribution >= 0.6 is 0 Å². The summed E-state index contributed by atoms with van der Waals surface area (Å²) in [5, 5.41) is 38.3. The predicted molar refractivity (Wildman–Crippen MR) is 117 cm³/mol. The van der Waals surface area contributed by atoms with Crippen LogP contribution in [0.15, 0.2) is 49.1 Å². The molecule has 0 radical (unpaired) electrons. The molecule has 0 aliphatic heterocycles. The van der Waals surface area contributed by atoms with Crippen molar-refractivity contribution >= 4 is 11.2 Å². The zero-order valence-corrected chi connectivity index (χ0v) is 17.4. The lowest BCUT2D eigenvalue weighted by atomic mass is 9.77. The third-order valence-electron chi connectivity index (χ3n) is 5.86. The Hall–Kier alpha value is -3.81. The quantitative estimate of drug-likeness (QED) is 0.301. The van der Waals surface area contributed by atoms with Gasteiger partial charge in [-0.15, -0.1) is 0 Å². The second kappa shape index (κ2) is 8.14. The summed E-state index contributed by atoms with van der Waals surface area (Å²) in [4.78, 5) is 11.4. The van der Waals surface area contributed by atoms with Gasteiger partial charge in [-0.2, -0.15) is 0 Å². The molecule has 2 unspecified atom stereocenters. The number of nitrogens with one attached hydrogen (secondary N) is 2. The minimum absolute atomic E-state index is 0.00760. The van der Waals surface area contributed by atoms with Gasteiger partial charge in [0.05, 0.1) is 12.0 Å². The Balaban J connectivity index is 1.93. The normalized spacial score (nSPS) is 13.4. The van der Waals surface area contributed by atoms with Crippen LogP contribution in [0.4, 0.5) is 0 Å². The zero-order valence-electron chi connectivity index (χ0n) is 17.4. The Labute approximate surface area is 179 Å². The van der Waals surface area contributed by atoms with Gasteiger partial charge in [0.25, 0.3) is 0 Å². The smallest absolute Gasteiger partial charge is 0.173 e. The number of fused-ring (bicyclic) bond motifs is 1. The van der Waals surface area contributed by atoms with Crippen molar-refractivity contribution in [1.82, 2.24) is 19.5 Å². The SMILES string of the molecule is CCC(c1ccc(O)cc1)C(CC)c1cc(O)c(O)cc1-n1cnc(=N)c2[nH]cnc21. The number of aromatic amines is 1. The second-order valence-corrected chi connectivity index (χ2v) is 7.59. The van der Waals surface area contributed by atoms with Gasteiger partial charge in [-0.1, -0.05) is 26.0 Å². The molecule has 5 N–H and O–H groups in total. The van der Waals surface area contributed by atoms with Crippen molar-refractivity contribution in [2.45, 2.75) is 38.5 Å². The van der Waals surface area contributed by atoms with Crippen LogP contribution in [0.5, 0.6) is 17.2 Å². The molecule has 8 heteroatoms. The van der Waals surface area contributed by atoms with Crippen LogP contribution in [0.3, 0.4) is 0 Å². The number of rotatable bonds is 6. The standard InChI is InChI=1S/C23H25N5O3/c1-3-15(13-5-7-14(29)8-6-13)16(4-2)17-9-19(30)20(31)10-18(17)28-12-27-22(24)21-23(28)26-11-25-21/h5-12,15-16,24,29-31H,3-4H2,1-2H3,(H,25,26). The minimum Gasteiger partial charge on any atom is -0.508 e. The summed E-state index contributed by atoms with van der Waals surface area (Å²) in [7, 11) is 0. The van der Waals surface area contributed by atoms with Crippen molar-refractivity contribution in [3.05, 3.63) is 65.7 Å². The molecule has 0 saturated heterocycles. The van der Waals surface area contributed by atoms with E-state index in [-0.39, 0.29) is 34.6 Å². The fourth-order valence-corrected chi connectivity index (χ4v) is 4.34. The third kappa shape index (κ3) is 3.61. The Morgan fingerprint density at radius 1 is 0.968 bits per heavy atom. The molecular formula is C23H25N5O3. The molecule has 2 heterocycles. The lowest BCUT2D eigenvalue weighted by Crippen LogP contribution is -2.16. The van der Waals surface area contributed by atoms with E-state index in [9.17, 15) is 15.3 Å². The monoisotopic (exact) mass is 419 g/mol. The van der Waals surface area contributed by atoms with Crippen LogP contribution in [0, 0.1) is 5.41 Å². The van der Waals surface area contributed by atoms with Crippen molar-refractivity contribution in [3.8, 4) is 22.9 Å². The van der Waals surface area contributed by atoms with Gasteiger partial charge in [-0.05, 0) is 54.0 Å². The number of hydrogen-bond donors (Lipinski definition) is 5. The number of imidazole rings is 1. The molecule has 4 aromatic rings. The summed E-state index contributed by atoms with van der Waals surface area (Å²) in [5.74, 6) is -0.0908. The van der Waals surface area contributed by atoms with Crippen LogP contribution in [0.2, 0.25) is 0 Å². The van der Waals surface area contributed by atoms with Gasteiger partial charge in [0.1, 0.15) is 17.6 Å². The van der Waals surface area contributed by atoms with Crippen LogP contribution in [-0.4, -0.2) is 34.8 Å². The Kier molecular flexibility index (Phi) is 5.37. The molecule has 160 valence electrons. The average Bonchev–Trinajstić information content (AvgIpc) is 3.26. The van der Waals surface area contributed by atoms with E-state index in [0.29, 0.717) is 16.9 Å². The summed E-state index contributed by atoms with van der Waals surface area (Å²) in [6, 6.07) is 10.3. The number of nitrogens with zero attached hydrogens (tertiary/aromatic N) is 3. The first-order chi connectivity index (χ1) is 14.9. The number of hydrogen-bond acceptors (Lipinski definition) is 6. The minimum atomic E-state index is -0.238. The molecule has 0 bridgehead atoms. The number of H-pyrrole nitrogens is 1. The molecular weight excluding hydrogens is 394 g/mol. The Bertz CT molecular complexity index is 1280. The molecule has 2 atom stereocenters. The zero-order chi connectivity index (χ0) is 22.1. The van der Waals surface area contributed by atoms with E-state index in [4.69, 9.17) is 5.41 Å². The van der Waals surface area contributed by atoms with Crippen molar-refractivity contribution in [2.75, 3.05) is 0 Å². The van der Waals surface area contributed by atoms with Gasteiger partial charge in [-0.3, -0.25) is 9.98 Å². The number of aromatic hydroxyl groups is 3. The molecule has 8 nitrogen and oxygen atoms in total. The molecule has 4 rings (SSSR count). The maximum atomic E-state index is 10.3. The molecule has 0 fully saturated rings. The van der Waals surface area contributed by atoms with Gasteiger partial charge in [0.2, 0.25) is 0 Å². The van der Waals surface area contributed by atoms with E-state index in [1.807, 2.05) is 12.1 Å². The number of phenolic OH excluding ortho intramolecular Hbond substituents is 3. The van der Waals surface area contributed by atoms with Crippen molar-refractivity contribution < 1.29 is 15.3 Å². The molecule has 0 aliphatic rings. The lowest BCUT2D eigenvalue weighted by Gasteiger charge is -2.29. The van der Waals surface area contributed by atoms with Crippen molar-refractivity contribution in [1.29, 1.82) is 5.41 Å². The lowest BCUT2D eigenvalue weighted by molar-refractivity contribution is 0.401. The van der Waals surface area contributed by atoms with E-state index in [1.165, 1.54) is 18.7 Å². The van der Waals surface area contributed by atoms with E-state index >= 15 is 0 Å². The molecule has 0 saturated carbocycles.